The zero-order valence-electron chi connectivity index (χ0n) is 11.0. The van der Waals surface area contributed by atoms with Crippen LogP contribution in [0.5, 0.6) is 0 Å². The van der Waals surface area contributed by atoms with Crippen molar-refractivity contribution < 1.29 is 13.6 Å². The van der Waals surface area contributed by atoms with E-state index in [2.05, 4.69) is 21.2 Å². The van der Waals surface area contributed by atoms with E-state index in [0.29, 0.717) is 5.69 Å². The fourth-order valence-corrected chi connectivity index (χ4v) is 2.26. The second-order valence-corrected chi connectivity index (χ2v) is 5.54. The van der Waals surface area contributed by atoms with Crippen molar-refractivity contribution in [1.29, 1.82) is 0 Å². The number of aromatic nitrogens is 1. The molecule has 6 heteroatoms. The first-order chi connectivity index (χ1) is 9.38. The molecular weight excluding hydrogens is 330 g/mol. The van der Waals surface area contributed by atoms with Gasteiger partial charge in [0.2, 0.25) is 0 Å². The molecule has 0 aliphatic carbocycles. The van der Waals surface area contributed by atoms with Crippen LogP contribution in [0.4, 0.5) is 14.5 Å². The molecule has 0 fully saturated rings. The third-order valence-electron chi connectivity index (χ3n) is 2.78. The second-order valence-electron chi connectivity index (χ2n) is 4.63. The SMILES string of the molecule is CC(C)n1cc(Br)cc1C(=O)Nc1ccc(F)c(F)c1. The Morgan fingerprint density at radius 2 is 1.95 bits per heavy atom. The highest BCUT2D eigenvalue weighted by Gasteiger charge is 2.15. The maximum absolute atomic E-state index is 13.1. The molecule has 106 valence electrons. The molecule has 1 aromatic heterocycles. The van der Waals surface area contributed by atoms with E-state index in [1.165, 1.54) is 6.07 Å². The minimum Gasteiger partial charge on any atom is -0.340 e. The van der Waals surface area contributed by atoms with Gasteiger partial charge in [-0.1, -0.05) is 0 Å². The van der Waals surface area contributed by atoms with Crippen LogP contribution in [0.1, 0.15) is 30.4 Å². The maximum Gasteiger partial charge on any atom is 0.272 e. The molecule has 1 heterocycles. The van der Waals surface area contributed by atoms with E-state index in [1.807, 2.05) is 13.8 Å². The van der Waals surface area contributed by atoms with Crippen molar-refractivity contribution in [2.24, 2.45) is 0 Å². The lowest BCUT2D eigenvalue weighted by atomic mass is 10.2. The van der Waals surface area contributed by atoms with Gasteiger partial charge in [0.1, 0.15) is 5.69 Å². The Bertz CT molecular complexity index is 653. The van der Waals surface area contributed by atoms with Gasteiger partial charge in [0, 0.05) is 28.5 Å². The summed E-state index contributed by atoms with van der Waals surface area (Å²) in [5.41, 5.74) is 0.651. The first-order valence-corrected chi connectivity index (χ1v) is 6.81. The third kappa shape index (κ3) is 3.07. The molecule has 0 spiro atoms. The van der Waals surface area contributed by atoms with Crippen LogP contribution in [0.15, 0.2) is 34.9 Å². The van der Waals surface area contributed by atoms with Crippen LogP contribution in [0.3, 0.4) is 0 Å². The lowest BCUT2D eigenvalue weighted by Gasteiger charge is -2.12. The number of carbonyl (C=O) groups is 1. The lowest BCUT2D eigenvalue weighted by Crippen LogP contribution is -2.17. The third-order valence-corrected chi connectivity index (χ3v) is 3.22. The molecule has 0 aliphatic heterocycles. The van der Waals surface area contributed by atoms with Crippen molar-refractivity contribution in [1.82, 2.24) is 4.57 Å². The average Bonchev–Trinajstić information content (AvgIpc) is 2.76. The molecule has 0 radical (unpaired) electrons. The minimum absolute atomic E-state index is 0.104. The summed E-state index contributed by atoms with van der Waals surface area (Å²) < 4.78 is 28.5. The van der Waals surface area contributed by atoms with Gasteiger partial charge in [0.05, 0.1) is 0 Å². The number of nitrogens with zero attached hydrogens (tertiary/aromatic N) is 1. The first-order valence-electron chi connectivity index (χ1n) is 6.02. The molecule has 0 saturated carbocycles. The zero-order valence-corrected chi connectivity index (χ0v) is 12.5. The van der Waals surface area contributed by atoms with Crippen molar-refractivity contribution in [3.63, 3.8) is 0 Å². The molecule has 3 nitrogen and oxygen atoms in total. The van der Waals surface area contributed by atoms with Gasteiger partial charge in [0.25, 0.3) is 5.91 Å². The number of benzene rings is 1. The minimum atomic E-state index is -0.997. The van der Waals surface area contributed by atoms with E-state index in [4.69, 9.17) is 0 Å². The number of carbonyl (C=O) groups excluding carboxylic acids is 1. The molecule has 0 bridgehead atoms. The van der Waals surface area contributed by atoms with Crippen molar-refractivity contribution in [2.75, 3.05) is 5.32 Å². The van der Waals surface area contributed by atoms with Crippen LogP contribution >= 0.6 is 15.9 Å². The van der Waals surface area contributed by atoms with Gasteiger partial charge < -0.3 is 9.88 Å². The Morgan fingerprint density at radius 1 is 1.25 bits per heavy atom. The van der Waals surface area contributed by atoms with Crippen LogP contribution in [-0.4, -0.2) is 10.5 Å². The highest BCUT2D eigenvalue weighted by Crippen LogP contribution is 2.21. The summed E-state index contributed by atoms with van der Waals surface area (Å²) in [6, 6.07) is 5.02. The molecule has 0 atom stereocenters. The van der Waals surface area contributed by atoms with Crippen molar-refractivity contribution in [2.45, 2.75) is 19.9 Å². The van der Waals surface area contributed by atoms with Crippen LogP contribution < -0.4 is 5.32 Å². The van der Waals surface area contributed by atoms with Gasteiger partial charge in [-0.15, -0.1) is 0 Å². The molecule has 2 rings (SSSR count). The summed E-state index contributed by atoms with van der Waals surface area (Å²) in [6.45, 7) is 3.89. The lowest BCUT2D eigenvalue weighted by molar-refractivity contribution is 0.101. The number of amides is 1. The topological polar surface area (TPSA) is 34.0 Å². The molecule has 1 aromatic carbocycles. The highest BCUT2D eigenvalue weighted by atomic mass is 79.9. The summed E-state index contributed by atoms with van der Waals surface area (Å²) in [5.74, 6) is -2.32. The van der Waals surface area contributed by atoms with Crippen LogP contribution in [0.25, 0.3) is 0 Å². The van der Waals surface area contributed by atoms with E-state index in [1.54, 1.807) is 16.8 Å². The van der Waals surface area contributed by atoms with Crippen molar-refractivity contribution in [3.05, 3.63) is 52.3 Å². The first kappa shape index (κ1) is 14.7. The number of rotatable bonds is 3. The summed E-state index contributed by atoms with van der Waals surface area (Å²) >= 11 is 3.32. The predicted molar refractivity (Wildman–Crippen MR) is 76.8 cm³/mol. The molecule has 20 heavy (non-hydrogen) atoms. The molecule has 0 aliphatic rings. The number of anilines is 1. The Labute approximate surface area is 123 Å². The van der Waals surface area contributed by atoms with Gasteiger partial charge in [-0.05, 0) is 48.0 Å². The molecule has 0 saturated heterocycles. The average molecular weight is 343 g/mol. The summed E-state index contributed by atoms with van der Waals surface area (Å²) in [6.07, 6.45) is 1.80. The van der Waals surface area contributed by atoms with E-state index in [9.17, 15) is 13.6 Å². The van der Waals surface area contributed by atoms with Gasteiger partial charge >= 0.3 is 0 Å². The Kier molecular flexibility index (Phi) is 4.23. The number of hydrogen-bond acceptors (Lipinski definition) is 1. The monoisotopic (exact) mass is 342 g/mol. The number of hydrogen-bond donors (Lipinski definition) is 1. The van der Waals surface area contributed by atoms with Crippen molar-refractivity contribution >= 4 is 27.5 Å². The largest absolute Gasteiger partial charge is 0.340 e. The van der Waals surface area contributed by atoms with E-state index in [0.717, 1.165) is 16.6 Å². The Hall–Kier alpha value is -1.69. The predicted octanol–water partition coefficient (Wildman–Crippen LogP) is 4.36. The Morgan fingerprint density at radius 3 is 2.55 bits per heavy atom. The molecule has 0 unspecified atom stereocenters. The molecule has 1 amide bonds. The molecule has 2 aromatic rings. The van der Waals surface area contributed by atoms with E-state index >= 15 is 0 Å². The molecule has 1 N–H and O–H groups in total. The number of nitrogens with one attached hydrogen (secondary N) is 1. The van der Waals surface area contributed by atoms with Crippen LogP contribution in [0.2, 0.25) is 0 Å². The van der Waals surface area contributed by atoms with Gasteiger partial charge in [-0.2, -0.15) is 0 Å². The fourth-order valence-electron chi connectivity index (χ4n) is 1.82. The summed E-state index contributed by atoms with van der Waals surface area (Å²) in [5, 5.41) is 2.55. The van der Waals surface area contributed by atoms with Gasteiger partial charge in [-0.3, -0.25) is 4.79 Å². The maximum atomic E-state index is 13.1. The smallest absolute Gasteiger partial charge is 0.272 e. The molecular formula is C14H13BrF2N2O. The van der Waals surface area contributed by atoms with Crippen LogP contribution in [-0.2, 0) is 0 Å². The van der Waals surface area contributed by atoms with Gasteiger partial charge in [0.15, 0.2) is 11.6 Å². The standard InChI is InChI=1S/C14H13BrF2N2O/c1-8(2)19-7-9(15)5-13(19)14(20)18-10-3-4-11(16)12(17)6-10/h3-8H,1-2H3,(H,18,20). The van der Waals surface area contributed by atoms with E-state index in [-0.39, 0.29) is 17.6 Å². The normalized spacial score (nSPS) is 10.9. The summed E-state index contributed by atoms with van der Waals surface area (Å²) in [7, 11) is 0. The van der Waals surface area contributed by atoms with Gasteiger partial charge in [-0.25, -0.2) is 8.78 Å². The number of halogens is 3. The zero-order chi connectivity index (χ0) is 14.9. The van der Waals surface area contributed by atoms with Crippen LogP contribution in [0, 0.1) is 11.6 Å². The summed E-state index contributed by atoms with van der Waals surface area (Å²) in [4.78, 5) is 12.2. The van der Waals surface area contributed by atoms with E-state index < -0.39 is 11.6 Å². The van der Waals surface area contributed by atoms with Crippen molar-refractivity contribution in [3.8, 4) is 0 Å². The highest BCUT2D eigenvalue weighted by molar-refractivity contribution is 9.10. The second kappa shape index (κ2) is 5.75. The Balaban J connectivity index is 2.26. The fraction of sp³-hybridized carbons (Fsp3) is 0.214. The quantitative estimate of drug-likeness (QED) is 0.883.